The fourth-order valence-corrected chi connectivity index (χ4v) is 3.14. The van der Waals surface area contributed by atoms with Crippen molar-refractivity contribution in [2.75, 3.05) is 13.1 Å². The molecule has 0 aromatic heterocycles. The van der Waals surface area contributed by atoms with E-state index in [9.17, 15) is 0 Å². The SMILES string of the molecule is CCNC(=NCC1(C2CC2)CC1)NC(C)c1ccccc1. The third kappa shape index (κ3) is 3.58. The highest BCUT2D eigenvalue weighted by molar-refractivity contribution is 5.80. The van der Waals surface area contributed by atoms with Gasteiger partial charge < -0.3 is 10.6 Å². The number of hydrogen-bond acceptors (Lipinski definition) is 1. The molecule has 0 amide bonds. The predicted molar refractivity (Wildman–Crippen MR) is 88.4 cm³/mol. The Morgan fingerprint density at radius 3 is 2.57 bits per heavy atom. The molecule has 1 aromatic carbocycles. The Labute approximate surface area is 128 Å². The van der Waals surface area contributed by atoms with E-state index in [1.54, 1.807) is 0 Å². The minimum atomic E-state index is 0.278. The number of guanidine groups is 1. The molecule has 0 saturated heterocycles. The van der Waals surface area contributed by atoms with Crippen LogP contribution < -0.4 is 10.6 Å². The van der Waals surface area contributed by atoms with E-state index >= 15 is 0 Å². The van der Waals surface area contributed by atoms with Gasteiger partial charge >= 0.3 is 0 Å². The third-order valence-corrected chi connectivity index (χ3v) is 4.88. The van der Waals surface area contributed by atoms with Crippen LogP contribution in [-0.4, -0.2) is 19.0 Å². The predicted octanol–water partition coefficient (Wildman–Crippen LogP) is 3.49. The first kappa shape index (κ1) is 14.4. The average molecular weight is 285 g/mol. The maximum absolute atomic E-state index is 4.87. The van der Waals surface area contributed by atoms with E-state index in [0.29, 0.717) is 5.41 Å². The van der Waals surface area contributed by atoms with Crippen LogP contribution in [0.3, 0.4) is 0 Å². The van der Waals surface area contributed by atoms with Crippen molar-refractivity contribution in [2.24, 2.45) is 16.3 Å². The van der Waals surface area contributed by atoms with Crippen LogP contribution in [0.5, 0.6) is 0 Å². The minimum Gasteiger partial charge on any atom is -0.357 e. The van der Waals surface area contributed by atoms with Crippen LogP contribution in [0.1, 0.15) is 51.1 Å². The summed E-state index contributed by atoms with van der Waals surface area (Å²) in [4.78, 5) is 4.87. The number of hydrogen-bond donors (Lipinski definition) is 2. The van der Waals surface area contributed by atoms with Crippen LogP contribution in [0.4, 0.5) is 0 Å². The zero-order chi connectivity index (χ0) is 14.7. The Bertz CT molecular complexity index is 486. The third-order valence-electron chi connectivity index (χ3n) is 4.88. The Morgan fingerprint density at radius 1 is 1.29 bits per heavy atom. The lowest BCUT2D eigenvalue weighted by Crippen LogP contribution is -2.39. The smallest absolute Gasteiger partial charge is 0.191 e. The summed E-state index contributed by atoms with van der Waals surface area (Å²) < 4.78 is 0. The van der Waals surface area contributed by atoms with Gasteiger partial charge in [-0.2, -0.15) is 0 Å². The van der Waals surface area contributed by atoms with Crippen LogP contribution >= 0.6 is 0 Å². The number of rotatable bonds is 6. The van der Waals surface area contributed by atoms with Crippen molar-refractivity contribution in [1.29, 1.82) is 0 Å². The highest BCUT2D eigenvalue weighted by Crippen LogP contribution is 2.61. The molecule has 1 unspecified atom stereocenters. The van der Waals surface area contributed by atoms with Crippen molar-refractivity contribution in [3.8, 4) is 0 Å². The molecule has 21 heavy (non-hydrogen) atoms. The maximum atomic E-state index is 4.87. The van der Waals surface area contributed by atoms with Crippen molar-refractivity contribution in [3.63, 3.8) is 0 Å². The van der Waals surface area contributed by atoms with Crippen molar-refractivity contribution >= 4 is 5.96 Å². The summed E-state index contributed by atoms with van der Waals surface area (Å²) in [5.41, 5.74) is 1.87. The first-order valence-corrected chi connectivity index (χ1v) is 8.33. The zero-order valence-electron chi connectivity index (χ0n) is 13.2. The van der Waals surface area contributed by atoms with Gasteiger partial charge in [0.1, 0.15) is 0 Å². The lowest BCUT2D eigenvalue weighted by molar-refractivity contribution is 0.452. The van der Waals surface area contributed by atoms with Gasteiger partial charge in [0.05, 0.1) is 6.04 Å². The van der Waals surface area contributed by atoms with Crippen molar-refractivity contribution < 1.29 is 0 Å². The van der Waals surface area contributed by atoms with Gasteiger partial charge in [0.2, 0.25) is 0 Å². The molecule has 0 bridgehead atoms. The lowest BCUT2D eigenvalue weighted by Gasteiger charge is -2.19. The topological polar surface area (TPSA) is 36.4 Å². The molecule has 0 spiro atoms. The van der Waals surface area contributed by atoms with E-state index in [0.717, 1.165) is 25.0 Å². The summed E-state index contributed by atoms with van der Waals surface area (Å²) in [6, 6.07) is 10.8. The zero-order valence-corrected chi connectivity index (χ0v) is 13.2. The van der Waals surface area contributed by atoms with Crippen molar-refractivity contribution in [3.05, 3.63) is 35.9 Å². The van der Waals surface area contributed by atoms with Crippen molar-refractivity contribution in [1.82, 2.24) is 10.6 Å². The number of nitrogens with zero attached hydrogens (tertiary/aromatic N) is 1. The van der Waals surface area contributed by atoms with E-state index in [-0.39, 0.29) is 6.04 Å². The summed E-state index contributed by atoms with van der Waals surface area (Å²) in [6.07, 6.45) is 5.63. The van der Waals surface area contributed by atoms with Gasteiger partial charge in [-0.15, -0.1) is 0 Å². The van der Waals surface area contributed by atoms with Gasteiger partial charge in [0, 0.05) is 13.1 Å². The molecule has 0 heterocycles. The molecule has 1 aromatic rings. The quantitative estimate of drug-likeness (QED) is 0.620. The Balaban J connectivity index is 1.61. The molecular formula is C18H27N3. The molecular weight excluding hydrogens is 258 g/mol. The fraction of sp³-hybridized carbons (Fsp3) is 0.611. The second-order valence-electron chi connectivity index (χ2n) is 6.61. The molecule has 2 aliphatic rings. The van der Waals surface area contributed by atoms with Gasteiger partial charge in [-0.25, -0.2) is 0 Å². The van der Waals surface area contributed by atoms with Crippen LogP contribution in [0.2, 0.25) is 0 Å². The summed E-state index contributed by atoms with van der Waals surface area (Å²) in [5.74, 6) is 1.93. The lowest BCUT2D eigenvalue weighted by atomic mass is 10.0. The molecule has 114 valence electrons. The summed E-state index contributed by atoms with van der Waals surface area (Å²) in [6.45, 7) is 6.21. The molecule has 3 heteroatoms. The highest BCUT2D eigenvalue weighted by atomic mass is 15.2. The van der Waals surface area contributed by atoms with Gasteiger partial charge in [0.15, 0.2) is 5.96 Å². The fourth-order valence-electron chi connectivity index (χ4n) is 3.14. The number of aliphatic imine (C=N–C) groups is 1. The Morgan fingerprint density at radius 2 is 2.00 bits per heavy atom. The van der Waals surface area contributed by atoms with Crippen molar-refractivity contribution in [2.45, 2.75) is 45.6 Å². The minimum absolute atomic E-state index is 0.278. The molecule has 2 aliphatic carbocycles. The van der Waals surface area contributed by atoms with Crippen LogP contribution in [0.25, 0.3) is 0 Å². The van der Waals surface area contributed by atoms with Gasteiger partial charge in [-0.05, 0) is 56.4 Å². The van der Waals surface area contributed by atoms with E-state index in [2.05, 4.69) is 54.8 Å². The molecule has 3 rings (SSSR count). The Kier molecular flexibility index (Phi) is 4.18. The summed E-state index contributed by atoms with van der Waals surface area (Å²) in [5, 5.41) is 6.91. The number of benzene rings is 1. The van der Waals surface area contributed by atoms with E-state index in [1.165, 1.54) is 31.2 Å². The summed E-state index contributed by atoms with van der Waals surface area (Å²) in [7, 11) is 0. The van der Waals surface area contributed by atoms with Crippen LogP contribution in [-0.2, 0) is 0 Å². The van der Waals surface area contributed by atoms with Crippen LogP contribution in [0.15, 0.2) is 35.3 Å². The number of nitrogens with one attached hydrogen (secondary N) is 2. The van der Waals surface area contributed by atoms with Crippen LogP contribution in [0, 0.1) is 11.3 Å². The first-order valence-electron chi connectivity index (χ1n) is 8.33. The molecule has 2 saturated carbocycles. The molecule has 1 atom stereocenters. The molecule has 2 fully saturated rings. The first-order chi connectivity index (χ1) is 10.2. The average Bonchev–Trinajstić information content (AvgIpc) is 3.39. The van der Waals surface area contributed by atoms with E-state index in [4.69, 9.17) is 4.99 Å². The second kappa shape index (κ2) is 6.08. The second-order valence-corrected chi connectivity index (χ2v) is 6.61. The maximum Gasteiger partial charge on any atom is 0.191 e. The normalized spacial score (nSPS) is 21.7. The standard InChI is InChI=1S/C18H27N3/c1-3-19-17(20-13-18(11-12-18)16-9-10-16)21-14(2)15-7-5-4-6-8-15/h4-8,14,16H,3,9-13H2,1-2H3,(H2,19,20,21). The molecule has 0 aliphatic heterocycles. The summed E-state index contributed by atoms with van der Waals surface area (Å²) >= 11 is 0. The molecule has 3 nitrogen and oxygen atoms in total. The Hall–Kier alpha value is -1.51. The van der Waals surface area contributed by atoms with Gasteiger partial charge in [-0.1, -0.05) is 30.3 Å². The molecule has 0 radical (unpaired) electrons. The van der Waals surface area contributed by atoms with Gasteiger partial charge in [0.25, 0.3) is 0 Å². The highest BCUT2D eigenvalue weighted by Gasteiger charge is 2.53. The largest absolute Gasteiger partial charge is 0.357 e. The van der Waals surface area contributed by atoms with E-state index in [1.807, 2.05) is 0 Å². The van der Waals surface area contributed by atoms with E-state index < -0.39 is 0 Å². The monoisotopic (exact) mass is 285 g/mol. The molecule has 2 N–H and O–H groups in total. The van der Waals surface area contributed by atoms with Gasteiger partial charge in [-0.3, -0.25) is 4.99 Å².